The summed E-state index contributed by atoms with van der Waals surface area (Å²) in [5.74, 6) is 0. The maximum atomic E-state index is 2.51. The molecule has 12 aromatic rings. The molecule has 0 atom stereocenters. The Labute approximate surface area is 406 Å². The standard InChI is InChI=1S/C66H46N2S/c1-65(2)57-27-15-12-24-51(57)52-37-35-49(41-58(52)65)67(48-33-30-43(31-34-48)44-32-39-61-56(40-44)53-25-13-16-28-60(53)68(61)47-22-10-5-11-23-47)50-36-38-54-59(42-50)66(45-18-6-3-7-19-45,46-20-8-4-9-21-46)64-63(54)55-26-14-17-29-62(55)69-64/h3-42H,1-2H3. The molecule has 2 aromatic heterocycles. The fourth-order valence-electron chi connectivity index (χ4n) is 12.1. The molecule has 3 heteroatoms. The number of hydrogen-bond acceptors (Lipinski definition) is 2. The van der Waals surface area contributed by atoms with Crippen molar-refractivity contribution in [3.63, 3.8) is 0 Å². The largest absolute Gasteiger partial charge is 0.310 e. The molecule has 0 spiro atoms. The second-order valence-electron chi connectivity index (χ2n) is 19.2. The Hall–Kier alpha value is -8.24. The Kier molecular flexibility index (Phi) is 8.75. The van der Waals surface area contributed by atoms with Crippen molar-refractivity contribution < 1.29 is 0 Å². The van der Waals surface area contributed by atoms with Crippen LogP contribution in [0.3, 0.4) is 0 Å². The number of hydrogen-bond donors (Lipinski definition) is 0. The van der Waals surface area contributed by atoms with Crippen LogP contribution in [0.1, 0.15) is 46.5 Å². The van der Waals surface area contributed by atoms with E-state index in [-0.39, 0.29) is 5.41 Å². The molecule has 2 aliphatic carbocycles. The summed E-state index contributed by atoms with van der Waals surface area (Å²) in [6.07, 6.45) is 0. The van der Waals surface area contributed by atoms with Gasteiger partial charge in [-0.1, -0.05) is 184 Å². The number of anilines is 3. The van der Waals surface area contributed by atoms with Crippen LogP contribution >= 0.6 is 11.3 Å². The van der Waals surface area contributed by atoms with Crippen LogP contribution in [-0.2, 0) is 10.8 Å². The fraction of sp³-hybridized carbons (Fsp3) is 0.0606. The van der Waals surface area contributed by atoms with Gasteiger partial charge in [-0.25, -0.2) is 0 Å². The van der Waals surface area contributed by atoms with E-state index in [1.54, 1.807) is 0 Å². The number of thiophene rings is 1. The molecule has 0 bridgehead atoms. The van der Waals surface area contributed by atoms with Crippen molar-refractivity contribution in [1.82, 2.24) is 4.57 Å². The Morgan fingerprint density at radius 1 is 0.391 bits per heavy atom. The summed E-state index contributed by atoms with van der Waals surface area (Å²) in [5, 5.41) is 3.82. The SMILES string of the molecule is CC1(C)c2ccccc2-c2ccc(N(c3ccc(-c4ccc5c(c4)c4ccccc4n5-c4ccccc4)cc3)c3ccc4c(c3)C(c3ccccc3)(c3ccccc3)c3sc5ccccc5c3-4)cc21. The van der Waals surface area contributed by atoms with E-state index in [2.05, 4.69) is 266 Å². The van der Waals surface area contributed by atoms with Crippen molar-refractivity contribution >= 4 is 60.3 Å². The number of aromatic nitrogens is 1. The molecule has 2 aliphatic rings. The normalized spacial score (nSPS) is 13.9. The number of benzene rings is 10. The maximum absolute atomic E-state index is 2.51. The fourth-order valence-corrected chi connectivity index (χ4v) is 13.6. The summed E-state index contributed by atoms with van der Waals surface area (Å²) in [4.78, 5) is 3.87. The van der Waals surface area contributed by atoms with Gasteiger partial charge in [0, 0.05) is 59.5 Å². The quantitative estimate of drug-likeness (QED) is 0.155. The van der Waals surface area contributed by atoms with Gasteiger partial charge in [0.1, 0.15) is 0 Å². The van der Waals surface area contributed by atoms with Crippen molar-refractivity contribution in [2.75, 3.05) is 4.90 Å². The lowest BCUT2D eigenvalue weighted by molar-refractivity contribution is 0.660. The van der Waals surface area contributed by atoms with Crippen LogP contribution in [0, 0.1) is 0 Å². The number of fused-ring (bicyclic) bond motifs is 11. The van der Waals surface area contributed by atoms with Crippen LogP contribution < -0.4 is 4.90 Å². The molecule has 0 saturated carbocycles. The van der Waals surface area contributed by atoms with Gasteiger partial charge in [0.25, 0.3) is 0 Å². The molecular formula is C66H46N2S. The van der Waals surface area contributed by atoms with Gasteiger partial charge in [-0.15, -0.1) is 11.3 Å². The van der Waals surface area contributed by atoms with E-state index in [0.29, 0.717) is 0 Å². The molecule has 69 heavy (non-hydrogen) atoms. The van der Waals surface area contributed by atoms with Crippen LogP contribution in [0.25, 0.3) is 71.0 Å². The monoisotopic (exact) mass is 898 g/mol. The Bertz CT molecular complexity index is 3930. The van der Waals surface area contributed by atoms with Gasteiger partial charge in [0.15, 0.2) is 0 Å². The molecule has 0 N–H and O–H groups in total. The molecule has 326 valence electrons. The second kappa shape index (κ2) is 15.1. The average Bonchev–Trinajstić information content (AvgIpc) is 4.11. The smallest absolute Gasteiger partial charge is 0.0808 e. The molecule has 2 heterocycles. The Balaban J connectivity index is 0.967. The van der Waals surface area contributed by atoms with Crippen molar-refractivity contribution in [1.29, 1.82) is 0 Å². The lowest BCUT2D eigenvalue weighted by Crippen LogP contribution is -2.28. The molecule has 0 saturated heterocycles. The highest BCUT2D eigenvalue weighted by Crippen LogP contribution is 2.62. The lowest BCUT2D eigenvalue weighted by Gasteiger charge is -2.34. The van der Waals surface area contributed by atoms with Gasteiger partial charge >= 0.3 is 0 Å². The predicted molar refractivity (Wildman–Crippen MR) is 291 cm³/mol. The van der Waals surface area contributed by atoms with Crippen molar-refractivity contribution in [2.45, 2.75) is 24.7 Å². The average molecular weight is 899 g/mol. The van der Waals surface area contributed by atoms with E-state index in [1.807, 2.05) is 11.3 Å². The Morgan fingerprint density at radius 2 is 0.942 bits per heavy atom. The summed E-state index contributed by atoms with van der Waals surface area (Å²) in [6.45, 7) is 4.75. The van der Waals surface area contributed by atoms with Crippen LogP contribution in [-0.4, -0.2) is 4.57 Å². The minimum absolute atomic E-state index is 0.150. The molecule has 0 radical (unpaired) electrons. The van der Waals surface area contributed by atoms with Crippen molar-refractivity contribution in [2.24, 2.45) is 0 Å². The van der Waals surface area contributed by atoms with Crippen molar-refractivity contribution in [3.05, 3.63) is 275 Å². The first-order valence-electron chi connectivity index (χ1n) is 24.0. The molecule has 14 rings (SSSR count). The third-order valence-electron chi connectivity index (χ3n) is 15.3. The number of para-hydroxylation sites is 2. The minimum Gasteiger partial charge on any atom is -0.310 e. The zero-order valence-electron chi connectivity index (χ0n) is 38.4. The molecule has 0 aliphatic heterocycles. The predicted octanol–water partition coefficient (Wildman–Crippen LogP) is 17.8. The molecule has 0 unspecified atom stereocenters. The molecule has 10 aromatic carbocycles. The maximum Gasteiger partial charge on any atom is 0.0808 e. The highest BCUT2D eigenvalue weighted by atomic mass is 32.1. The van der Waals surface area contributed by atoms with Gasteiger partial charge in [-0.2, -0.15) is 0 Å². The highest BCUT2D eigenvalue weighted by Gasteiger charge is 2.49. The van der Waals surface area contributed by atoms with E-state index >= 15 is 0 Å². The van der Waals surface area contributed by atoms with Crippen LogP contribution in [0.2, 0.25) is 0 Å². The van der Waals surface area contributed by atoms with Gasteiger partial charge in [-0.3, -0.25) is 0 Å². The first kappa shape index (κ1) is 39.9. The topological polar surface area (TPSA) is 8.17 Å². The molecule has 0 amide bonds. The minimum atomic E-state index is -0.522. The van der Waals surface area contributed by atoms with Gasteiger partial charge < -0.3 is 9.47 Å². The van der Waals surface area contributed by atoms with Gasteiger partial charge in [-0.05, 0) is 128 Å². The van der Waals surface area contributed by atoms with E-state index in [1.165, 1.54) is 104 Å². The van der Waals surface area contributed by atoms with Crippen molar-refractivity contribution in [3.8, 4) is 39.1 Å². The first-order chi connectivity index (χ1) is 34.0. The number of rotatable bonds is 7. The third kappa shape index (κ3) is 5.78. The zero-order valence-corrected chi connectivity index (χ0v) is 39.2. The van der Waals surface area contributed by atoms with Gasteiger partial charge in [0.05, 0.1) is 16.4 Å². The number of nitrogens with zero attached hydrogens (tertiary/aromatic N) is 2. The zero-order chi connectivity index (χ0) is 45.8. The van der Waals surface area contributed by atoms with E-state index in [9.17, 15) is 0 Å². The highest BCUT2D eigenvalue weighted by molar-refractivity contribution is 7.20. The molecular weight excluding hydrogens is 853 g/mol. The van der Waals surface area contributed by atoms with E-state index in [0.717, 1.165) is 17.1 Å². The van der Waals surface area contributed by atoms with E-state index < -0.39 is 5.41 Å². The summed E-state index contributed by atoms with van der Waals surface area (Å²) in [5.41, 5.74) is 20.5. The van der Waals surface area contributed by atoms with Crippen LogP contribution in [0.5, 0.6) is 0 Å². The molecule has 2 nitrogen and oxygen atoms in total. The molecule has 0 fully saturated rings. The summed E-state index contributed by atoms with van der Waals surface area (Å²) in [6, 6.07) is 90.4. The third-order valence-corrected chi connectivity index (χ3v) is 16.5. The Morgan fingerprint density at radius 3 is 1.68 bits per heavy atom. The van der Waals surface area contributed by atoms with Crippen LogP contribution in [0.15, 0.2) is 243 Å². The summed E-state index contributed by atoms with van der Waals surface area (Å²) < 4.78 is 3.70. The first-order valence-corrected chi connectivity index (χ1v) is 24.8. The summed E-state index contributed by atoms with van der Waals surface area (Å²) in [7, 11) is 0. The lowest BCUT2D eigenvalue weighted by atomic mass is 9.70. The van der Waals surface area contributed by atoms with E-state index in [4.69, 9.17) is 0 Å². The van der Waals surface area contributed by atoms with Gasteiger partial charge in [0.2, 0.25) is 0 Å². The van der Waals surface area contributed by atoms with Crippen LogP contribution in [0.4, 0.5) is 17.1 Å². The summed E-state index contributed by atoms with van der Waals surface area (Å²) >= 11 is 1.94. The second-order valence-corrected chi connectivity index (χ2v) is 20.3.